The Labute approximate surface area is 173 Å². The van der Waals surface area contributed by atoms with Crippen LogP contribution in [0.5, 0.6) is 0 Å². The van der Waals surface area contributed by atoms with Gasteiger partial charge in [-0.15, -0.1) is 0 Å². The van der Waals surface area contributed by atoms with E-state index in [1.54, 1.807) is 13.1 Å². The Morgan fingerprint density at radius 1 is 1.10 bits per heavy atom. The number of hydrogen-bond donors (Lipinski definition) is 2. The van der Waals surface area contributed by atoms with E-state index in [4.69, 9.17) is 0 Å². The summed E-state index contributed by atoms with van der Waals surface area (Å²) in [5.41, 5.74) is 1.12. The molecule has 2 unspecified atom stereocenters. The molecule has 0 aliphatic heterocycles. The molecular formula is C22H25N5O3. The number of carbonyl (C=O) groups is 1. The first-order valence-corrected chi connectivity index (χ1v) is 10.1. The Kier molecular flexibility index (Phi) is 5.39. The van der Waals surface area contributed by atoms with Crippen LogP contribution in [0.4, 0.5) is 10.5 Å². The van der Waals surface area contributed by atoms with Gasteiger partial charge in [0.2, 0.25) is 0 Å². The van der Waals surface area contributed by atoms with Crippen molar-refractivity contribution in [1.29, 1.82) is 0 Å². The maximum Gasteiger partial charge on any atom is 0.332 e. The lowest BCUT2D eigenvalue weighted by atomic mass is 9.81. The zero-order valence-electron chi connectivity index (χ0n) is 17.1. The molecule has 30 heavy (non-hydrogen) atoms. The number of fused-ring (bicyclic) bond motifs is 1. The number of nitrogens with zero attached hydrogens (tertiary/aromatic N) is 3. The quantitative estimate of drug-likeness (QED) is 0.697. The molecule has 8 nitrogen and oxygen atoms in total. The summed E-state index contributed by atoms with van der Waals surface area (Å²) in [6.45, 7) is 0. The van der Waals surface area contributed by atoms with Crippen molar-refractivity contribution in [2.75, 3.05) is 5.32 Å². The maximum absolute atomic E-state index is 12.5. The van der Waals surface area contributed by atoms with E-state index in [1.165, 1.54) is 23.4 Å². The molecule has 2 atom stereocenters. The van der Waals surface area contributed by atoms with Gasteiger partial charge in [0.1, 0.15) is 5.65 Å². The summed E-state index contributed by atoms with van der Waals surface area (Å²) in [5.74, 6) is 0.442. The number of urea groups is 1. The number of aromatic nitrogens is 3. The topological polar surface area (TPSA) is 98.0 Å². The molecule has 3 aromatic rings. The van der Waals surface area contributed by atoms with Crippen LogP contribution in [0.3, 0.4) is 0 Å². The van der Waals surface area contributed by atoms with Crippen molar-refractivity contribution >= 4 is 22.8 Å². The second kappa shape index (κ2) is 8.14. The summed E-state index contributed by atoms with van der Waals surface area (Å²) in [6.07, 6.45) is 5.48. The van der Waals surface area contributed by atoms with Gasteiger partial charge in [-0.05, 0) is 36.8 Å². The average Bonchev–Trinajstić information content (AvgIpc) is 2.77. The zero-order chi connectivity index (χ0) is 21.3. The van der Waals surface area contributed by atoms with Gasteiger partial charge in [-0.3, -0.25) is 13.9 Å². The van der Waals surface area contributed by atoms with Gasteiger partial charge in [-0.1, -0.05) is 36.8 Å². The Morgan fingerprint density at radius 3 is 2.63 bits per heavy atom. The number of nitrogens with one attached hydrogen (secondary N) is 2. The minimum absolute atomic E-state index is 0.0889. The maximum atomic E-state index is 12.5. The van der Waals surface area contributed by atoms with Crippen LogP contribution >= 0.6 is 0 Å². The predicted molar refractivity (Wildman–Crippen MR) is 116 cm³/mol. The van der Waals surface area contributed by atoms with Gasteiger partial charge >= 0.3 is 11.7 Å². The smallest absolute Gasteiger partial charge is 0.332 e. The third-order valence-corrected chi connectivity index (χ3v) is 5.83. The van der Waals surface area contributed by atoms with E-state index in [0.29, 0.717) is 11.6 Å². The molecule has 0 spiro atoms. The SMILES string of the molecule is Cn1c(=O)c2cc(NC(=O)NC3CCCC(c4ccccc4)C3)cnc2n(C)c1=O. The Morgan fingerprint density at radius 2 is 1.87 bits per heavy atom. The van der Waals surface area contributed by atoms with E-state index < -0.39 is 11.2 Å². The standard InChI is InChI=1S/C22H25N5O3/c1-26-19-18(20(28)27(2)22(26)30)12-17(13-23-19)25-21(29)24-16-10-6-9-15(11-16)14-7-4-3-5-8-14/h3-5,7-8,12-13,15-16H,6,9-11H2,1-2H3,(H2,24,25,29). The van der Waals surface area contributed by atoms with Crippen molar-refractivity contribution in [3.63, 3.8) is 0 Å². The monoisotopic (exact) mass is 407 g/mol. The number of aryl methyl sites for hydroxylation is 1. The number of rotatable bonds is 3. The number of pyridine rings is 1. The lowest BCUT2D eigenvalue weighted by Crippen LogP contribution is -2.40. The molecule has 2 heterocycles. The third-order valence-electron chi connectivity index (χ3n) is 5.83. The minimum Gasteiger partial charge on any atom is -0.335 e. The van der Waals surface area contributed by atoms with E-state index in [9.17, 15) is 14.4 Å². The van der Waals surface area contributed by atoms with Crippen LogP contribution in [0.15, 0.2) is 52.2 Å². The Balaban J connectivity index is 1.47. The van der Waals surface area contributed by atoms with Crippen LogP contribution in [0.2, 0.25) is 0 Å². The van der Waals surface area contributed by atoms with E-state index in [-0.39, 0.29) is 23.1 Å². The summed E-state index contributed by atoms with van der Waals surface area (Å²) < 4.78 is 2.34. The van der Waals surface area contributed by atoms with Crippen molar-refractivity contribution in [1.82, 2.24) is 19.4 Å². The fourth-order valence-electron chi connectivity index (χ4n) is 4.24. The normalized spacial score (nSPS) is 18.9. The third kappa shape index (κ3) is 3.85. The summed E-state index contributed by atoms with van der Waals surface area (Å²) in [7, 11) is 2.98. The minimum atomic E-state index is -0.442. The molecule has 1 aliphatic rings. The molecule has 1 aliphatic carbocycles. The highest BCUT2D eigenvalue weighted by Crippen LogP contribution is 2.32. The first kappa shape index (κ1) is 19.9. The summed E-state index contributed by atoms with van der Waals surface area (Å²) in [4.78, 5) is 41.2. The van der Waals surface area contributed by atoms with Crippen molar-refractivity contribution in [2.45, 2.75) is 37.6 Å². The molecule has 4 rings (SSSR count). The average molecular weight is 407 g/mol. The second-order valence-corrected chi connectivity index (χ2v) is 7.87. The van der Waals surface area contributed by atoms with Crippen molar-refractivity contribution in [2.24, 2.45) is 14.1 Å². The molecule has 1 saturated carbocycles. The molecule has 8 heteroatoms. The first-order chi connectivity index (χ1) is 14.4. The molecule has 156 valence electrons. The summed E-state index contributed by atoms with van der Waals surface area (Å²) >= 11 is 0. The fourth-order valence-corrected chi connectivity index (χ4v) is 4.24. The zero-order valence-corrected chi connectivity index (χ0v) is 17.1. The predicted octanol–water partition coefficient (Wildman–Crippen LogP) is 2.48. The van der Waals surface area contributed by atoms with Crippen LogP contribution < -0.4 is 21.9 Å². The van der Waals surface area contributed by atoms with Gasteiger partial charge in [0.05, 0.1) is 17.3 Å². The molecule has 1 fully saturated rings. The fraction of sp³-hybridized carbons (Fsp3) is 0.364. The molecule has 1 aromatic carbocycles. The molecular weight excluding hydrogens is 382 g/mol. The van der Waals surface area contributed by atoms with Crippen molar-refractivity contribution in [3.05, 3.63) is 69.0 Å². The van der Waals surface area contributed by atoms with Gasteiger partial charge in [-0.25, -0.2) is 14.6 Å². The van der Waals surface area contributed by atoms with E-state index in [2.05, 4.69) is 27.8 Å². The number of anilines is 1. The van der Waals surface area contributed by atoms with Crippen LogP contribution in [0, 0.1) is 0 Å². The molecule has 0 saturated heterocycles. The van der Waals surface area contributed by atoms with E-state index in [1.807, 2.05) is 18.2 Å². The number of carbonyl (C=O) groups excluding carboxylic acids is 1. The van der Waals surface area contributed by atoms with Crippen LogP contribution in [-0.2, 0) is 14.1 Å². The molecule has 0 bridgehead atoms. The van der Waals surface area contributed by atoms with E-state index in [0.717, 1.165) is 30.3 Å². The van der Waals surface area contributed by atoms with Crippen LogP contribution in [0.1, 0.15) is 37.2 Å². The number of hydrogen-bond acceptors (Lipinski definition) is 4. The summed E-state index contributed by atoms with van der Waals surface area (Å²) in [5, 5.41) is 6.09. The van der Waals surface area contributed by atoms with Crippen LogP contribution in [0.25, 0.3) is 11.0 Å². The van der Waals surface area contributed by atoms with Crippen molar-refractivity contribution < 1.29 is 4.79 Å². The largest absolute Gasteiger partial charge is 0.335 e. The highest BCUT2D eigenvalue weighted by atomic mass is 16.2. The molecule has 0 radical (unpaired) electrons. The Hall–Kier alpha value is -3.42. The molecule has 2 amide bonds. The van der Waals surface area contributed by atoms with Crippen molar-refractivity contribution in [3.8, 4) is 0 Å². The van der Waals surface area contributed by atoms with E-state index >= 15 is 0 Å². The van der Waals surface area contributed by atoms with Gasteiger partial charge in [0.25, 0.3) is 5.56 Å². The van der Waals surface area contributed by atoms with Gasteiger partial charge in [0, 0.05) is 20.1 Å². The highest BCUT2D eigenvalue weighted by molar-refractivity contribution is 5.91. The molecule has 2 aromatic heterocycles. The van der Waals surface area contributed by atoms with Gasteiger partial charge in [-0.2, -0.15) is 0 Å². The second-order valence-electron chi connectivity index (χ2n) is 7.87. The number of benzene rings is 1. The Bertz CT molecular complexity index is 1200. The van der Waals surface area contributed by atoms with Gasteiger partial charge in [0.15, 0.2) is 0 Å². The van der Waals surface area contributed by atoms with Gasteiger partial charge < -0.3 is 10.6 Å². The lowest BCUT2D eigenvalue weighted by molar-refractivity contribution is 0.242. The van der Waals surface area contributed by atoms with Crippen LogP contribution in [-0.4, -0.2) is 26.2 Å². The summed E-state index contributed by atoms with van der Waals surface area (Å²) in [6, 6.07) is 11.7. The first-order valence-electron chi connectivity index (χ1n) is 10.1. The highest BCUT2D eigenvalue weighted by Gasteiger charge is 2.24. The molecule has 2 N–H and O–H groups in total. The lowest BCUT2D eigenvalue weighted by Gasteiger charge is -2.30. The number of amides is 2.